The van der Waals surface area contributed by atoms with Crippen molar-refractivity contribution in [3.8, 4) is 5.75 Å². The highest BCUT2D eigenvalue weighted by Crippen LogP contribution is 2.28. The van der Waals surface area contributed by atoms with Crippen molar-refractivity contribution in [3.05, 3.63) is 41.7 Å². The molecule has 0 amide bonds. The van der Waals surface area contributed by atoms with Crippen LogP contribution in [-0.4, -0.2) is 6.36 Å². The number of benzene rings is 1. The molecule has 2 N–H and O–H groups in total. The molecular formula is C12H13F4NO. The van der Waals surface area contributed by atoms with Gasteiger partial charge in [0.25, 0.3) is 0 Å². The van der Waals surface area contributed by atoms with E-state index in [1.54, 1.807) is 6.92 Å². The molecule has 0 radical (unpaired) electrons. The molecule has 1 atom stereocenters. The van der Waals surface area contributed by atoms with E-state index in [0.717, 1.165) is 18.2 Å². The molecule has 0 aliphatic rings. The minimum Gasteiger partial charge on any atom is -0.406 e. The third-order valence-corrected chi connectivity index (χ3v) is 2.17. The number of halogens is 4. The van der Waals surface area contributed by atoms with Crippen LogP contribution in [0.3, 0.4) is 0 Å². The van der Waals surface area contributed by atoms with Crippen molar-refractivity contribution in [3.63, 3.8) is 0 Å². The first kappa shape index (κ1) is 14.5. The second-order valence-electron chi connectivity index (χ2n) is 4.00. The maximum atomic E-state index is 13.5. The Kier molecular flexibility index (Phi) is 4.34. The summed E-state index contributed by atoms with van der Waals surface area (Å²) in [4.78, 5) is 0. The molecular weight excluding hydrogens is 250 g/mol. The molecule has 6 heteroatoms. The molecule has 2 nitrogen and oxygen atoms in total. The molecule has 1 rings (SSSR count). The lowest BCUT2D eigenvalue weighted by Gasteiger charge is -2.15. The summed E-state index contributed by atoms with van der Waals surface area (Å²) in [7, 11) is 0. The molecule has 0 unspecified atom stereocenters. The largest absolute Gasteiger partial charge is 0.573 e. The normalized spacial score (nSPS) is 13.2. The Morgan fingerprint density at radius 3 is 2.56 bits per heavy atom. The monoisotopic (exact) mass is 263 g/mol. The third-order valence-electron chi connectivity index (χ3n) is 2.17. The highest BCUT2D eigenvalue weighted by atomic mass is 19.4. The van der Waals surface area contributed by atoms with E-state index in [1.807, 2.05) is 0 Å². The van der Waals surface area contributed by atoms with Gasteiger partial charge in [-0.2, -0.15) is 0 Å². The van der Waals surface area contributed by atoms with Gasteiger partial charge in [0, 0.05) is 11.6 Å². The van der Waals surface area contributed by atoms with E-state index < -0.39 is 24.0 Å². The number of rotatable bonds is 4. The van der Waals surface area contributed by atoms with Gasteiger partial charge >= 0.3 is 6.36 Å². The number of nitrogens with two attached hydrogens (primary N) is 1. The molecule has 18 heavy (non-hydrogen) atoms. The van der Waals surface area contributed by atoms with Crippen LogP contribution in [0.4, 0.5) is 17.6 Å². The summed E-state index contributed by atoms with van der Waals surface area (Å²) >= 11 is 0. The van der Waals surface area contributed by atoms with Crippen LogP contribution in [0.2, 0.25) is 0 Å². The van der Waals surface area contributed by atoms with Gasteiger partial charge in [-0.05, 0) is 31.5 Å². The van der Waals surface area contributed by atoms with Crippen LogP contribution >= 0.6 is 0 Å². The Morgan fingerprint density at radius 1 is 1.44 bits per heavy atom. The average molecular weight is 263 g/mol. The minimum atomic E-state index is -4.81. The van der Waals surface area contributed by atoms with E-state index in [0.29, 0.717) is 5.57 Å². The summed E-state index contributed by atoms with van der Waals surface area (Å²) in [5, 5.41) is 0. The number of ether oxygens (including phenoxy) is 1. The zero-order valence-corrected chi connectivity index (χ0v) is 9.72. The Labute approximate surface area is 102 Å². The van der Waals surface area contributed by atoms with Crippen LogP contribution in [0.1, 0.15) is 24.9 Å². The van der Waals surface area contributed by atoms with E-state index in [1.165, 1.54) is 0 Å². The van der Waals surface area contributed by atoms with E-state index in [4.69, 9.17) is 5.73 Å². The Bertz CT molecular complexity index is 442. The molecule has 0 bridgehead atoms. The van der Waals surface area contributed by atoms with Gasteiger partial charge in [0.15, 0.2) is 0 Å². The Morgan fingerprint density at radius 2 is 2.06 bits per heavy atom. The second kappa shape index (κ2) is 5.39. The predicted molar refractivity (Wildman–Crippen MR) is 59.4 cm³/mol. The quantitative estimate of drug-likeness (QED) is 0.664. The van der Waals surface area contributed by atoms with E-state index in [2.05, 4.69) is 11.3 Å². The molecule has 0 spiro atoms. The van der Waals surface area contributed by atoms with Crippen LogP contribution in [0.25, 0.3) is 0 Å². The van der Waals surface area contributed by atoms with E-state index in [9.17, 15) is 17.6 Å². The molecule has 0 heterocycles. The van der Waals surface area contributed by atoms with Crippen molar-refractivity contribution < 1.29 is 22.3 Å². The van der Waals surface area contributed by atoms with Gasteiger partial charge in [-0.1, -0.05) is 5.57 Å². The maximum absolute atomic E-state index is 13.5. The van der Waals surface area contributed by atoms with Gasteiger partial charge in [0.1, 0.15) is 11.6 Å². The van der Waals surface area contributed by atoms with Gasteiger partial charge in [-0.25, -0.2) is 4.39 Å². The summed E-state index contributed by atoms with van der Waals surface area (Å²) in [6.07, 6.45) is -4.53. The fourth-order valence-corrected chi connectivity index (χ4v) is 1.49. The van der Waals surface area contributed by atoms with Crippen molar-refractivity contribution in [1.29, 1.82) is 0 Å². The molecule has 0 aliphatic heterocycles. The number of hydrogen-bond donors (Lipinski definition) is 1. The van der Waals surface area contributed by atoms with Gasteiger partial charge in [-0.15, -0.1) is 19.8 Å². The molecule has 0 saturated heterocycles. The number of hydrogen-bond acceptors (Lipinski definition) is 2. The van der Waals surface area contributed by atoms with Crippen LogP contribution in [0.5, 0.6) is 5.75 Å². The summed E-state index contributed by atoms with van der Waals surface area (Å²) in [5.74, 6) is -1.16. The predicted octanol–water partition coefficient (Wildman–Crippen LogP) is 3.69. The molecule has 1 aromatic carbocycles. The average Bonchev–Trinajstić information content (AvgIpc) is 2.17. The fourth-order valence-electron chi connectivity index (χ4n) is 1.49. The number of alkyl halides is 3. The van der Waals surface area contributed by atoms with Crippen molar-refractivity contribution in [2.45, 2.75) is 25.7 Å². The lowest BCUT2D eigenvalue weighted by Crippen LogP contribution is -2.18. The van der Waals surface area contributed by atoms with E-state index in [-0.39, 0.29) is 12.0 Å². The van der Waals surface area contributed by atoms with Gasteiger partial charge in [0.2, 0.25) is 0 Å². The summed E-state index contributed by atoms with van der Waals surface area (Å²) < 4.78 is 53.2. The van der Waals surface area contributed by atoms with Crippen molar-refractivity contribution >= 4 is 0 Å². The maximum Gasteiger partial charge on any atom is 0.573 e. The first-order chi connectivity index (χ1) is 8.19. The molecule has 0 saturated carbocycles. The molecule has 1 aromatic rings. The van der Waals surface area contributed by atoms with Crippen LogP contribution in [-0.2, 0) is 0 Å². The zero-order valence-electron chi connectivity index (χ0n) is 9.72. The lowest BCUT2D eigenvalue weighted by molar-refractivity contribution is -0.274. The fraction of sp³-hybridized carbons (Fsp3) is 0.333. The molecule has 0 aromatic heterocycles. The zero-order chi connectivity index (χ0) is 13.9. The summed E-state index contributed by atoms with van der Waals surface area (Å²) in [5.41, 5.74) is 6.38. The van der Waals surface area contributed by atoms with Crippen molar-refractivity contribution in [2.75, 3.05) is 0 Å². The smallest absolute Gasteiger partial charge is 0.406 e. The van der Waals surface area contributed by atoms with Crippen molar-refractivity contribution in [2.24, 2.45) is 5.73 Å². The third kappa shape index (κ3) is 4.37. The Hall–Kier alpha value is -1.56. The molecule has 0 aliphatic carbocycles. The minimum absolute atomic E-state index is 0.0280. The first-order valence-corrected chi connectivity index (χ1v) is 5.14. The topological polar surface area (TPSA) is 35.2 Å². The van der Waals surface area contributed by atoms with Gasteiger partial charge in [-0.3, -0.25) is 0 Å². The van der Waals surface area contributed by atoms with Crippen LogP contribution < -0.4 is 10.5 Å². The highest BCUT2D eigenvalue weighted by Gasteiger charge is 2.31. The first-order valence-electron chi connectivity index (χ1n) is 5.14. The SMILES string of the molecule is C=C(C)C[C@@H](N)c1cc(OC(F)(F)F)ccc1F. The van der Waals surface area contributed by atoms with Crippen molar-refractivity contribution in [1.82, 2.24) is 0 Å². The van der Waals surface area contributed by atoms with Crippen LogP contribution in [0.15, 0.2) is 30.4 Å². The lowest BCUT2D eigenvalue weighted by atomic mass is 10.0. The molecule has 100 valence electrons. The molecule has 0 fully saturated rings. The Balaban J connectivity index is 2.97. The van der Waals surface area contributed by atoms with Gasteiger partial charge in [0.05, 0.1) is 0 Å². The van der Waals surface area contributed by atoms with E-state index >= 15 is 0 Å². The summed E-state index contributed by atoms with van der Waals surface area (Å²) in [6.45, 7) is 5.32. The van der Waals surface area contributed by atoms with Crippen LogP contribution in [0, 0.1) is 5.82 Å². The summed E-state index contributed by atoms with van der Waals surface area (Å²) in [6, 6.07) is 2.00. The van der Waals surface area contributed by atoms with Gasteiger partial charge < -0.3 is 10.5 Å². The standard InChI is InChI=1S/C12H13F4NO/c1-7(2)5-11(17)9-6-8(3-4-10(9)13)18-12(14,15)16/h3-4,6,11H,1,5,17H2,2H3/t11-/m1/s1. The highest BCUT2D eigenvalue weighted by molar-refractivity contribution is 5.32. The second-order valence-corrected chi connectivity index (χ2v) is 4.00.